The number of aromatic nitrogens is 2. The minimum Gasteiger partial charge on any atom is -0.496 e. The highest BCUT2D eigenvalue weighted by molar-refractivity contribution is 9.10. The van der Waals surface area contributed by atoms with Crippen LogP contribution in [-0.4, -0.2) is 12.1 Å². The molecule has 3 rings (SSSR count). The maximum Gasteiger partial charge on any atom is 0.339 e. The molecule has 0 spiro atoms. The molecule has 1 aromatic carbocycles. The summed E-state index contributed by atoms with van der Waals surface area (Å²) >= 11 is 3.57. The molecule has 100 valence electrons. The maximum absolute atomic E-state index is 5.55. The summed E-state index contributed by atoms with van der Waals surface area (Å²) in [6, 6.07) is 10.1. The lowest BCUT2D eigenvalue weighted by molar-refractivity contribution is -0.598. The van der Waals surface area contributed by atoms with E-state index < -0.39 is 0 Å². The van der Waals surface area contributed by atoms with Gasteiger partial charge in [0.15, 0.2) is 6.20 Å². The van der Waals surface area contributed by atoms with Gasteiger partial charge in [-0.2, -0.15) is 0 Å². The molecule has 0 saturated heterocycles. The number of ether oxygens (including phenoxy) is 1. The van der Waals surface area contributed by atoms with Gasteiger partial charge in [-0.1, -0.05) is 6.07 Å². The summed E-state index contributed by atoms with van der Waals surface area (Å²) in [7, 11) is 1.69. The summed E-state index contributed by atoms with van der Waals surface area (Å²) in [5.74, 6) is 1.70. The Labute approximate surface area is 126 Å². The number of aryl methyl sites for hydroxylation is 1. The van der Waals surface area contributed by atoms with Crippen LogP contribution in [0.15, 0.2) is 53.4 Å². The molecule has 4 heteroatoms. The molecule has 3 aromatic rings. The molecule has 0 atom stereocenters. The molecule has 0 fully saturated rings. The summed E-state index contributed by atoms with van der Waals surface area (Å²) in [6.07, 6.45) is 5.79. The zero-order valence-corrected chi connectivity index (χ0v) is 12.9. The lowest BCUT2D eigenvalue weighted by Crippen LogP contribution is -2.30. The van der Waals surface area contributed by atoms with Crippen LogP contribution in [0.4, 0.5) is 0 Å². The number of nitrogens with zero attached hydrogens (tertiary/aromatic N) is 2. The van der Waals surface area contributed by atoms with Gasteiger partial charge in [0.05, 0.1) is 24.0 Å². The van der Waals surface area contributed by atoms with Crippen LogP contribution in [0.2, 0.25) is 0 Å². The third-order valence-electron chi connectivity index (χ3n) is 3.21. The van der Waals surface area contributed by atoms with E-state index in [1.54, 1.807) is 7.11 Å². The Balaban J connectivity index is 2.42. The van der Waals surface area contributed by atoms with Crippen LogP contribution in [0.1, 0.15) is 5.56 Å². The predicted octanol–water partition coefficient (Wildman–Crippen LogP) is 3.59. The standard InChI is InChI=1S/C16H14BrN2O/c1-11-8-12-13(17)10-18-16(15(12)14(9-11)20-2)19-6-4-3-5-7-19/h3-10H,1-2H3/q+1. The lowest BCUT2D eigenvalue weighted by atomic mass is 10.1. The average Bonchev–Trinajstić information content (AvgIpc) is 2.48. The normalized spacial score (nSPS) is 10.8. The van der Waals surface area contributed by atoms with E-state index in [9.17, 15) is 0 Å². The number of halogens is 1. The summed E-state index contributed by atoms with van der Waals surface area (Å²) in [5, 5.41) is 2.10. The minimum absolute atomic E-state index is 0.833. The van der Waals surface area contributed by atoms with E-state index in [0.29, 0.717) is 0 Å². The maximum atomic E-state index is 5.55. The molecule has 0 aliphatic rings. The van der Waals surface area contributed by atoms with Crippen molar-refractivity contribution in [1.82, 2.24) is 4.98 Å². The topological polar surface area (TPSA) is 26.0 Å². The Morgan fingerprint density at radius 2 is 1.90 bits per heavy atom. The molecule has 0 saturated carbocycles. The van der Waals surface area contributed by atoms with E-state index >= 15 is 0 Å². The smallest absolute Gasteiger partial charge is 0.339 e. The summed E-state index contributed by atoms with van der Waals surface area (Å²) < 4.78 is 8.51. The van der Waals surface area contributed by atoms with Gasteiger partial charge in [0, 0.05) is 5.39 Å². The van der Waals surface area contributed by atoms with Gasteiger partial charge in [-0.25, -0.2) is 4.57 Å². The van der Waals surface area contributed by atoms with Crippen molar-refractivity contribution in [2.45, 2.75) is 6.92 Å². The third-order valence-corrected chi connectivity index (χ3v) is 3.84. The molecule has 20 heavy (non-hydrogen) atoms. The van der Waals surface area contributed by atoms with Crippen molar-refractivity contribution in [2.75, 3.05) is 7.11 Å². The number of benzene rings is 1. The lowest BCUT2D eigenvalue weighted by Gasteiger charge is -2.08. The van der Waals surface area contributed by atoms with Gasteiger partial charge >= 0.3 is 5.82 Å². The van der Waals surface area contributed by atoms with Crippen molar-refractivity contribution in [2.24, 2.45) is 0 Å². The van der Waals surface area contributed by atoms with Gasteiger partial charge in [-0.15, -0.1) is 0 Å². The van der Waals surface area contributed by atoms with Crippen LogP contribution in [0.3, 0.4) is 0 Å². The van der Waals surface area contributed by atoms with Gasteiger partial charge in [0.25, 0.3) is 0 Å². The van der Waals surface area contributed by atoms with Gasteiger partial charge < -0.3 is 4.74 Å². The first-order valence-electron chi connectivity index (χ1n) is 6.30. The Bertz CT molecular complexity index is 772. The highest BCUT2D eigenvalue weighted by Gasteiger charge is 2.19. The monoisotopic (exact) mass is 329 g/mol. The fourth-order valence-electron chi connectivity index (χ4n) is 2.32. The Morgan fingerprint density at radius 1 is 1.15 bits per heavy atom. The predicted molar refractivity (Wildman–Crippen MR) is 82.3 cm³/mol. The quantitative estimate of drug-likeness (QED) is 0.671. The van der Waals surface area contributed by atoms with Crippen molar-refractivity contribution in [3.8, 4) is 11.6 Å². The fourth-order valence-corrected chi connectivity index (χ4v) is 2.74. The molecule has 0 aliphatic carbocycles. The third kappa shape index (κ3) is 2.16. The van der Waals surface area contributed by atoms with Gasteiger partial charge in [-0.05, 0) is 57.7 Å². The van der Waals surface area contributed by atoms with Gasteiger partial charge in [0.1, 0.15) is 11.1 Å². The SMILES string of the molecule is COc1cc(C)cc2c(Br)cnc(-[n+]3ccccc3)c12. The Kier molecular flexibility index (Phi) is 3.40. The minimum atomic E-state index is 0.833. The first kappa shape index (κ1) is 13.1. The molecule has 0 bridgehead atoms. The van der Waals surface area contributed by atoms with Crippen molar-refractivity contribution in [3.05, 3.63) is 59.0 Å². The molecule has 0 unspecified atom stereocenters. The zero-order chi connectivity index (χ0) is 14.1. The summed E-state index contributed by atoms with van der Waals surface area (Å²) in [6.45, 7) is 2.06. The number of hydrogen-bond donors (Lipinski definition) is 0. The number of fused-ring (bicyclic) bond motifs is 1. The summed E-state index contributed by atoms with van der Waals surface area (Å²) in [5.41, 5.74) is 1.16. The molecule has 0 aliphatic heterocycles. The number of hydrogen-bond acceptors (Lipinski definition) is 2. The van der Waals surface area contributed by atoms with E-state index in [1.807, 2.05) is 47.4 Å². The molecule has 0 radical (unpaired) electrons. The second-order valence-corrected chi connectivity index (χ2v) is 5.46. The molecule has 2 aromatic heterocycles. The molecular weight excluding hydrogens is 316 g/mol. The highest BCUT2D eigenvalue weighted by atomic mass is 79.9. The molecule has 0 N–H and O–H groups in total. The van der Waals surface area contributed by atoms with Crippen LogP contribution in [0, 0.1) is 6.92 Å². The van der Waals surface area contributed by atoms with Crippen molar-refractivity contribution in [1.29, 1.82) is 0 Å². The second kappa shape index (κ2) is 5.21. The molecule has 0 amide bonds. The van der Waals surface area contributed by atoms with Crippen LogP contribution >= 0.6 is 15.9 Å². The van der Waals surface area contributed by atoms with Gasteiger partial charge in [0.2, 0.25) is 0 Å². The van der Waals surface area contributed by atoms with Crippen LogP contribution < -0.4 is 9.30 Å². The van der Waals surface area contributed by atoms with Crippen molar-refractivity contribution in [3.63, 3.8) is 0 Å². The van der Waals surface area contributed by atoms with Crippen molar-refractivity contribution >= 4 is 26.7 Å². The van der Waals surface area contributed by atoms with E-state index in [1.165, 1.54) is 0 Å². The van der Waals surface area contributed by atoms with E-state index in [0.717, 1.165) is 32.4 Å². The first-order valence-corrected chi connectivity index (χ1v) is 7.09. The molecular formula is C16H14BrN2O+. The number of methoxy groups -OCH3 is 1. The average molecular weight is 330 g/mol. The van der Waals surface area contributed by atoms with Crippen LogP contribution in [0.25, 0.3) is 16.6 Å². The number of pyridine rings is 2. The number of rotatable bonds is 2. The molecule has 3 nitrogen and oxygen atoms in total. The van der Waals surface area contributed by atoms with Gasteiger partial charge in [-0.3, -0.25) is 0 Å². The highest BCUT2D eigenvalue weighted by Crippen LogP contribution is 2.33. The fraction of sp³-hybridized carbons (Fsp3) is 0.125. The van der Waals surface area contributed by atoms with Crippen LogP contribution in [0.5, 0.6) is 5.75 Å². The van der Waals surface area contributed by atoms with E-state index in [-0.39, 0.29) is 0 Å². The van der Waals surface area contributed by atoms with Crippen LogP contribution in [-0.2, 0) is 0 Å². The second-order valence-electron chi connectivity index (χ2n) is 4.60. The largest absolute Gasteiger partial charge is 0.496 e. The molecule has 2 heterocycles. The Hall–Kier alpha value is -1.94. The van der Waals surface area contributed by atoms with E-state index in [2.05, 4.69) is 33.9 Å². The zero-order valence-electron chi connectivity index (χ0n) is 11.3. The Morgan fingerprint density at radius 3 is 2.60 bits per heavy atom. The first-order chi connectivity index (χ1) is 9.70. The van der Waals surface area contributed by atoms with Crippen molar-refractivity contribution < 1.29 is 9.30 Å². The van der Waals surface area contributed by atoms with E-state index in [4.69, 9.17) is 4.74 Å². The summed E-state index contributed by atoms with van der Waals surface area (Å²) in [4.78, 5) is 4.55.